The summed E-state index contributed by atoms with van der Waals surface area (Å²) in [6, 6.07) is 0. The molecule has 0 aliphatic carbocycles. The molecular formula is C16H34O2P+. The minimum absolute atomic E-state index is 0.0862. The highest BCUT2D eigenvalue weighted by Crippen LogP contribution is 2.47. The Kier molecular flexibility index (Phi) is 10.8. The van der Waals surface area contributed by atoms with Crippen molar-refractivity contribution in [1.29, 1.82) is 0 Å². The molecule has 0 bridgehead atoms. The summed E-state index contributed by atoms with van der Waals surface area (Å²) in [4.78, 5) is 0. The summed E-state index contributed by atoms with van der Waals surface area (Å²) >= 11 is 0. The lowest BCUT2D eigenvalue weighted by Crippen LogP contribution is -2.30. The standard InChI is InChI=1S/C16H34O2P/c1-5-9-11-15(7-3)13-19(18)16(8-4,14-17)12-10-6-2/h15,17H,5-14H2,1-4H3/q+1. The van der Waals surface area contributed by atoms with Crippen LogP contribution in [0.1, 0.15) is 79.1 Å². The van der Waals surface area contributed by atoms with Crippen LogP contribution in [0.2, 0.25) is 0 Å². The van der Waals surface area contributed by atoms with Gasteiger partial charge in [0.1, 0.15) is 6.16 Å². The first-order valence-electron chi connectivity index (χ1n) is 8.15. The fourth-order valence-corrected chi connectivity index (χ4v) is 4.81. The van der Waals surface area contributed by atoms with Crippen LogP contribution in [0.3, 0.4) is 0 Å². The topological polar surface area (TPSA) is 37.3 Å². The van der Waals surface area contributed by atoms with Gasteiger partial charge in [0.15, 0.2) is 5.16 Å². The predicted octanol–water partition coefficient (Wildman–Crippen LogP) is 5.36. The third-order valence-electron chi connectivity index (χ3n) is 4.44. The fraction of sp³-hybridized carbons (Fsp3) is 1.00. The van der Waals surface area contributed by atoms with E-state index in [0.717, 1.165) is 38.3 Å². The van der Waals surface area contributed by atoms with E-state index in [2.05, 4.69) is 27.7 Å². The van der Waals surface area contributed by atoms with Crippen molar-refractivity contribution in [3.63, 3.8) is 0 Å². The highest BCUT2D eigenvalue weighted by molar-refractivity contribution is 7.46. The highest BCUT2D eigenvalue weighted by Gasteiger charge is 2.46. The summed E-state index contributed by atoms with van der Waals surface area (Å²) in [6.45, 7) is 8.72. The molecule has 0 heterocycles. The van der Waals surface area contributed by atoms with Crippen LogP contribution in [0.5, 0.6) is 0 Å². The van der Waals surface area contributed by atoms with E-state index in [0.29, 0.717) is 5.92 Å². The highest BCUT2D eigenvalue weighted by atomic mass is 31.1. The number of aliphatic hydroxyl groups is 1. The SMILES string of the molecule is CCCCC(CC)C[P+](=O)C(CC)(CO)CCCC. The zero-order chi connectivity index (χ0) is 14.7. The number of unbranched alkanes of at least 4 members (excludes halogenated alkanes) is 2. The second kappa shape index (κ2) is 10.8. The molecule has 114 valence electrons. The maximum Gasteiger partial charge on any atom is 0.347 e. The third kappa shape index (κ3) is 6.36. The van der Waals surface area contributed by atoms with Gasteiger partial charge in [-0.2, -0.15) is 0 Å². The second-order valence-electron chi connectivity index (χ2n) is 5.82. The van der Waals surface area contributed by atoms with Crippen molar-refractivity contribution in [3.8, 4) is 0 Å². The molecule has 2 nitrogen and oxygen atoms in total. The van der Waals surface area contributed by atoms with Crippen LogP contribution in [0, 0.1) is 5.92 Å². The molecule has 19 heavy (non-hydrogen) atoms. The Labute approximate surface area is 121 Å². The van der Waals surface area contributed by atoms with Crippen LogP contribution in [0.25, 0.3) is 0 Å². The summed E-state index contributed by atoms with van der Waals surface area (Å²) in [6.07, 6.45) is 9.48. The predicted molar refractivity (Wildman–Crippen MR) is 85.4 cm³/mol. The van der Waals surface area contributed by atoms with Gasteiger partial charge in [0.05, 0.1) is 6.61 Å². The minimum atomic E-state index is -1.30. The second-order valence-corrected chi connectivity index (χ2v) is 7.89. The van der Waals surface area contributed by atoms with Crippen molar-refractivity contribution >= 4 is 7.80 Å². The van der Waals surface area contributed by atoms with Gasteiger partial charge in [-0.25, -0.2) is 0 Å². The van der Waals surface area contributed by atoms with Crippen LogP contribution in [-0.4, -0.2) is 23.0 Å². The molecule has 0 fully saturated rings. The van der Waals surface area contributed by atoms with Crippen molar-refractivity contribution in [2.45, 2.75) is 84.2 Å². The molecule has 0 aromatic heterocycles. The quantitative estimate of drug-likeness (QED) is 0.491. The maximum absolute atomic E-state index is 12.8. The zero-order valence-corrected chi connectivity index (χ0v) is 14.3. The van der Waals surface area contributed by atoms with E-state index < -0.39 is 7.80 Å². The molecule has 0 aromatic carbocycles. The van der Waals surface area contributed by atoms with Crippen LogP contribution in [0.4, 0.5) is 0 Å². The van der Waals surface area contributed by atoms with Gasteiger partial charge in [0, 0.05) is 5.92 Å². The lowest BCUT2D eigenvalue weighted by molar-refractivity contribution is 0.227. The molecule has 0 saturated heterocycles. The van der Waals surface area contributed by atoms with Crippen molar-refractivity contribution in [2.75, 3.05) is 12.8 Å². The minimum Gasteiger partial charge on any atom is -0.391 e. The first kappa shape index (κ1) is 19.1. The van der Waals surface area contributed by atoms with Crippen LogP contribution >= 0.6 is 7.80 Å². The summed E-state index contributed by atoms with van der Waals surface area (Å²) in [5.41, 5.74) is 0. The Hall–Kier alpha value is 0.0600. The molecule has 0 aromatic rings. The summed E-state index contributed by atoms with van der Waals surface area (Å²) in [5, 5.41) is 9.44. The average Bonchev–Trinajstić information content (AvgIpc) is 2.45. The molecule has 0 saturated carbocycles. The largest absolute Gasteiger partial charge is 0.391 e. The lowest BCUT2D eigenvalue weighted by Gasteiger charge is -2.21. The molecule has 0 spiro atoms. The summed E-state index contributed by atoms with van der Waals surface area (Å²) < 4.78 is 12.8. The van der Waals surface area contributed by atoms with E-state index in [4.69, 9.17) is 0 Å². The summed E-state index contributed by atoms with van der Waals surface area (Å²) in [7, 11) is -1.30. The van der Waals surface area contributed by atoms with E-state index in [-0.39, 0.29) is 11.8 Å². The first-order chi connectivity index (χ1) is 9.10. The van der Waals surface area contributed by atoms with Gasteiger partial charge < -0.3 is 5.11 Å². The molecule has 0 aliphatic rings. The Morgan fingerprint density at radius 2 is 1.74 bits per heavy atom. The lowest BCUT2D eigenvalue weighted by atomic mass is 9.99. The molecule has 0 amide bonds. The van der Waals surface area contributed by atoms with E-state index in [9.17, 15) is 9.67 Å². The van der Waals surface area contributed by atoms with Crippen molar-refractivity contribution < 1.29 is 9.67 Å². The molecule has 3 heteroatoms. The van der Waals surface area contributed by atoms with Gasteiger partial charge >= 0.3 is 7.80 Å². The zero-order valence-electron chi connectivity index (χ0n) is 13.5. The van der Waals surface area contributed by atoms with Crippen molar-refractivity contribution in [1.82, 2.24) is 0 Å². The van der Waals surface area contributed by atoms with E-state index in [1.807, 2.05) is 0 Å². The van der Waals surface area contributed by atoms with Gasteiger partial charge in [-0.05, 0) is 32.1 Å². The Morgan fingerprint density at radius 3 is 2.16 bits per heavy atom. The Bertz CT molecular complexity index is 237. The Morgan fingerprint density at radius 1 is 1.11 bits per heavy atom. The van der Waals surface area contributed by atoms with E-state index in [1.54, 1.807) is 0 Å². The van der Waals surface area contributed by atoms with Gasteiger partial charge in [0.25, 0.3) is 0 Å². The molecule has 3 unspecified atom stereocenters. The monoisotopic (exact) mass is 289 g/mol. The van der Waals surface area contributed by atoms with Crippen molar-refractivity contribution in [3.05, 3.63) is 0 Å². The molecule has 0 aliphatic heterocycles. The number of aliphatic hydroxyl groups excluding tert-OH is 1. The van der Waals surface area contributed by atoms with Crippen molar-refractivity contribution in [2.24, 2.45) is 5.92 Å². The van der Waals surface area contributed by atoms with Crippen LogP contribution in [0.15, 0.2) is 0 Å². The fourth-order valence-electron chi connectivity index (χ4n) is 2.60. The number of hydrogen-bond acceptors (Lipinski definition) is 2. The molecule has 3 atom stereocenters. The molecule has 0 rings (SSSR count). The molecular weight excluding hydrogens is 255 g/mol. The molecule has 0 radical (unpaired) electrons. The smallest absolute Gasteiger partial charge is 0.347 e. The average molecular weight is 289 g/mol. The molecule has 1 N–H and O–H groups in total. The van der Waals surface area contributed by atoms with Gasteiger partial charge in [-0.3, -0.25) is 0 Å². The number of rotatable bonds is 12. The first-order valence-corrected chi connectivity index (χ1v) is 9.60. The van der Waals surface area contributed by atoms with E-state index >= 15 is 0 Å². The third-order valence-corrected chi connectivity index (χ3v) is 7.03. The summed E-state index contributed by atoms with van der Waals surface area (Å²) in [5.74, 6) is 0.572. The van der Waals surface area contributed by atoms with Gasteiger partial charge in [-0.15, -0.1) is 0 Å². The van der Waals surface area contributed by atoms with Gasteiger partial charge in [-0.1, -0.05) is 51.5 Å². The van der Waals surface area contributed by atoms with E-state index in [1.165, 1.54) is 19.3 Å². The van der Waals surface area contributed by atoms with Crippen LogP contribution < -0.4 is 0 Å². The number of hydrogen-bond donors (Lipinski definition) is 1. The Balaban J connectivity index is 4.60. The van der Waals surface area contributed by atoms with Crippen LogP contribution in [-0.2, 0) is 4.57 Å². The maximum atomic E-state index is 12.8. The normalized spacial score (nSPS) is 17.0. The van der Waals surface area contributed by atoms with Gasteiger partial charge in [0.2, 0.25) is 0 Å².